The first-order valence-electron chi connectivity index (χ1n) is 8.05. The number of hydrogen-bond acceptors (Lipinski definition) is 4. The number of carbonyl (C=O) groups is 1. The van der Waals surface area contributed by atoms with E-state index in [1.807, 2.05) is 18.2 Å². The monoisotopic (exact) mass is 382 g/mol. The summed E-state index contributed by atoms with van der Waals surface area (Å²) in [6.07, 6.45) is 1.67. The van der Waals surface area contributed by atoms with Crippen molar-refractivity contribution in [3.05, 3.63) is 52.7 Å². The largest absolute Gasteiger partial charge is 0.438 e. The molecule has 1 aromatic heterocycles. The van der Waals surface area contributed by atoms with E-state index in [2.05, 4.69) is 5.32 Å². The third-order valence-corrected chi connectivity index (χ3v) is 6.30. The number of benzene rings is 1. The zero-order chi connectivity index (χ0) is 18.0. The van der Waals surface area contributed by atoms with E-state index < -0.39 is 15.9 Å². The summed E-state index contributed by atoms with van der Waals surface area (Å²) in [6, 6.07) is 9.55. The van der Waals surface area contributed by atoms with Gasteiger partial charge < -0.3 is 9.73 Å². The third-order valence-electron chi connectivity index (χ3n) is 4.18. The fraction of sp³-hybridized carbons (Fsp3) is 0.353. The predicted octanol–water partition coefficient (Wildman–Crippen LogP) is 3.21. The molecular weight excluding hydrogens is 364 g/mol. The molecule has 1 N–H and O–H groups in total. The molecule has 1 fully saturated rings. The molecule has 0 bridgehead atoms. The smallest absolute Gasteiger partial charge is 0.287 e. The SMILES string of the molecule is CC(NC(=O)c1ccc(S(=O)(=O)N2CCCC2)o1)c1ccccc1Cl. The second kappa shape index (κ2) is 7.19. The summed E-state index contributed by atoms with van der Waals surface area (Å²) in [5.74, 6) is -0.535. The van der Waals surface area contributed by atoms with Crippen molar-refractivity contribution in [1.29, 1.82) is 0 Å². The molecule has 1 amide bonds. The highest BCUT2D eigenvalue weighted by atomic mass is 35.5. The fourth-order valence-corrected chi connectivity index (χ4v) is 4.54. The summed E-state index contributed by atoms with van der Waals surface area (Å²) in [5, 5.41) is 3.11. The maximum atomic E-state index is 12.4. The van der Waals surface area contributed by atoms with Crippen LogP contribution in [0.25, 0.3) is 0 Å². The lowest BCUT2D eigenvalue weighted by Crippen LogP contribution is -2.28. The fourth-order valence-electron chi connectivity index (χ4n) is 2.81. The van der Waals surface area contributed by atoms with Crippen LogP contribution in [-0.4, -0.2) is 31.7 Å². The highest BCUT2D eigenvalue weighted by molar-refractivity contribution is 7.89. The number of nitrogens with one attached hydrogen (secondary N) is 1. The van der Waals surface area contributed by atoms with Crippen LogP contribution in [0.5, 0.6) is 0 Å². The van der Waals surface area contributed by atoms with E-state index in [1.54, 1.807) is 13.0 Å². The lowest BCUT2D eigenvalue weighted by molar-refractivity contribution is 0.0906. The van der Waals surface area contributed by atoms with Gasteiger partial charge in [0.2, 0.25) is 5.09 Å². The molecular formula is C17H19ClN2O4S. The van der Waals surface area contributed by atoms with Crippen LogP contribution in [0.2, 0.25) is 5.02 Å². The van der Waals surface area contributed by atoms with E-state index >= 15 is 0 Å². The second-order valence-corrected chi connectivity index (χ2v) is 8.22. The Kier molecular flexibility index (Phi) is 5.17. The minimum Gasteiger partial charge on any atom is -0.438 e. The molecule has 1 aromatic carbocycles. The Morgan fingerprint density at radius 2 is 1.88 bits per heavy atom. The van der Waals surface area contributed by atoms with E-state index in [0.29, 0.717) is 18.1 Å². The Labute approximate surface area is 151 Å². The summed E-state index contributed by atoms with van der Waals surface area (Å²) < 4.78 is 31.6. The molecule has 0 radical (unpaired) electrons. The molecule has 6 nitrogen and oxygen atoms in total. The number of furan rings is 1. The minimum atomic E-state index is -3.67. The molecule has 8 heteroatoms. The van der Waals surface area contributed by atoms with E-state index in [9.17, 15) is 13.2 Å². The first-order chi connectivity index (χ1) is 11.9. The second-order valence-electron chi connectivity index (χ2n) is 5.95. The van der Waals surface area contributed by atoms with Crippen molar-refractivity contribution in [2.24, 2.45) is 0 Å². The van der Waals surface area contributed by atoms with Gasteiger partial charge in [-0.3, -0.25) is 4.79 Å². The Hall–Kier alpha value is -1.83. The van der Waals surface area contributed by atoms with Gasteiger partial charge >= 0.3 is 0 Å². The lowest BCUT2D eigenvalue weighted by Gasteiger charge is -2.15. The maximum Gasteiger partial charge on any atom is 0.287 e. The Balaban J connectivity index is 1.74. The number of carbonyl (C=O) groups excluding carboxylic acids is 1. The van der Waals surface area contributed by atoms with Crippen molar-refractivity contribution < 1.29 is 17.6 Å². The van der Waals surface area contributed by atoms with Crippen molar-refractivity contribution in [2.75, 3.05) is 13.1 Å². The van der Waals surface area contributed by atoms with Crippen LogP contribution >= 0.6 is 11.6 Å². The number of sulfonamides is 1. The summed E-state index contributed by atoms with van der Waals surface area (Å²) in [6.45, 7) is 2.76. The van der Waals surface area contributed by atoms with Crippen LogP contribution in [0.1, 0.15) is 41.9 Å². The molecule has 1 aliphatic heterocycles. The lowest BCUT2D eigenvalue weighted by atomic mass is 10.1. The maximum absolute atomic E-state index is 12.4. The topological polar surface area (TPSA) is 79.6 Å². The molecule has 1 saturated heterocycles. The van der Waals surface area contributed by atoms with Crippen molar-refractivity contribution in [1.82, 2.24) is 9.62 Å². The quantitative estimate of drug-likeness (QED) is 0.861. The van der Waals surface area contributed by atoms with Gasteiger partial charge in [0.25, 0.3) is 15.9 Å². The number of hydrogen-bond donors (Lipinski definition) is 1. The predicted molar refractivity (Wildman–Crippen MR) is 94.0 cm³/mol. The molecule has 25 heavy (non-hydrogen) atoms. The van der Waals surface area contributed by atoms with Gasteiger partial charge in [0.1, 0.15) is 0 Å². The van der Waals surface area contributed by atoms with Gasteiger partial charge in [-0.05, 0) is 43.5 Å². The number of rotatable bonds is 5. The molecule has 0 saturated carbocycles. The minimum absolute atomic E-state index is 0.0447. The Morgan fingerprint density at radius 3 is 2.56 bits per heavy atom. The standard InChI is InChI=1S/C17H19ClN2O4S/c1-12(13-6-2-3-7-14(13)18)19-17(21)15-8-9-16(24-15)25(22,23)20-10-4-5-11-20/h2-3,6-9,12H,4-5,10-11H2,1H3,(H,19,21). The van der Waals surface area contributed by atoms with Crippen molar-refractivity contribution >= 4 is 27.5 Å². The first kappa shape index (κ1) is 18.0. The Morgan fingerprint density at radius 1 is 1.20 bits per heavy atom. The molecule has 2 aromatic rings. The van der Waals surface area contributed by atoms with Crippen LogP contribution in [0.3, 0.4) is 0 Å². The summed E-state index contributed by atoms with van der Waals surface area (Å²) in [5.41, 5.74) is 0.772. The Bertz CT molecular complexity index is 872. The summed E-state index contributed by atoms with van der Waals surface area (Å²) in [7, 11) is -3.67. The van der Waals surface area contributed by atoms with Gasteiger partial charge in [0.15, 0.2) is 5.76 Å². The van der Waals surface area contributed by atoms with E-state index in [0.717, 1.165) is 18.4 Å². The molecule has 2 heterocycles. The first-order valence-corrected chi connectivity index (χ1v) is 9.86. The molecule has 1 atom stereocenters. The van der Waals surface area contributed by atoms with Crippen LogP contribution in [0.4, 0.5) is 0 Å². The van der Waals surface area contributed by atoms with Crippen LogP contribution in [0, 0.1) is 0 Å². The average molecular weight is 383 g/mol. The van der Waals surface area contributed by atoms with E-state index in [-0.39, 0.29) is 16.9 Å². The zero-order valence-corrected chi connectivity index (χ0v) is 15.3. The summed E-state index contributed by atoms with van der Waals surface area (Å²) in [4.78, 5) is 12.3. The number of nitrogens with zero attached hydrogens (tertiary/aromatic N) is 1. The van der Waals surface area contributed by atoms with Crippen molar-refractivity contribution in [2.45, 2.75) is 30.9 Å². The summed E-state index contributed by atoms with van der Waals surface area (Å²) >= 11 is 6.13. The number of halogens is 1. The van der Waals surface area contributed by atoms with Gasteiger partial charge in [-0.25, -0.2) is 8.42 Å². The van der Waals surface area contributed by atoms with E-state index in [1.165, 1.54) is 16.4 Å². The zero-order valence-electron chi connectivity index (χ0n) is 13.7. The van der Waals surface area contributed by atoms with Gasteiger partial charge in [-0.2, -0.15) is 4.31 Å². The van der Waals surface area contributed by atoms with Crippen LogP contribution in [0.15, 0.2) is 45.9 Å². The average Bonchev–Trinajstić information content (AvgIpc) is 3.27. The highest BCUT2D eigenvalue weighted by Gasteiger charge is 2.30. The normalized spacial score (nSPS) is 16.7. The molecule has 0 aliphatic carbocycles. The van der Waals surface area contributed by atoms with Gasteiger partial charge in [-0.1, -0.05) is 29.8 Å². The van der Waals surface area contributed by atoms with Crippen LogP contribution < -0.4 is 5.32 Å². The molecule has 1 unspecified atom stereocenters. The van der Waals surface area contributed by atoms with Crippen molar-refractivity contribution in [3.63, 3.8) is 0 Å². The van der Waals surface area contributed by atoms with E-state index in [4.69, 9.17) is 16.0 Å². The van der Waals surface area contributed by atoms with Crippen molar-refractivity contribution in [3.8, 4) is 0 Å². The molecule has 134 valence electrons. The van der Waals surface area contributed by atoms with Crippen LogP contribution in [-0.2, 0) is 10.0 Å². The molecule has 0 spiro atoms. The third kappa shape index (κ3) is 3.73. The van der Waals surface area contributed by atoms with Gasteiger partial charge in [-0.15, -0.1) is 0 Å². The van der Waals surface area contributed by atoms with Gasteiger partial charge in [0.05, 0.1) is 6.04 Å². The molecule has 1 aliphatic rings. The number of amides is 1. The molecule has 3 rings (SSSR count). The highest BCUT2D eigenvalue weighted by Crippen LogP contribution is 2.25. The van der Waals surface area contributed by atoms with Gasteiger partial charge in [0, 0.05) is 18.1 Å².